The summed E-state index contributed by atoms with van der Waals surface area (Å²) in [6, 6.07) is 0. The molecular formula is CuP2S. The summed E-state index contributed by atoms with van der Waals surface area (Å²) in [4.78, 5) is 0. The van der Waals surface area contributed by atoms with Crippen LogP contribution in [0.25, 0.3) is 0 Å². The van der Waals surface area contributed by atoms with Crippen LogP contribution in [0.5, 0.6) is 0 Å². The minimum absolute atomic E-state index is 0.340. The average Bonchev–Trinajstić information content (AvgIpc) is 0.811. The molecule has 0 aliphatic rings. The molecule has 4 heteroatoms. The molecule has 0 N–H and O–H groups in total. The molecule has 0 aromatic rings. The Kier molecular flexibility index (Phi) is 3.94. The second-order valence-electron chi connectivity index (χ2n) is 0.170. The molecule has 27 valence electrons. The molecule has 0 rings (SSSR count). The molecule has 0 aromatic carbocycles. The summed E-state index contributed by atoms with van der Waals surface area (Å²) in [6.45, 7) is 0. The van der Waals surface area contributed by atoms with Crippen molar-refractivity contribution < 1.29 is 10.0 Å². The van der Waals surface area contributed by atoms with Gasteiger partial charge in [-0.2, -0.15) is 0 Å². The van der Waals surface area contributed by atoms with E-state index in [2.05, 4.69) is 25.1 Å². The Labute approximate surface area is 35.4 Å². The Morgan fingerprint density at radius 3 is 1.50 bits per heavy atom. The molecule has 0 radical (unpaired) electrons. The standard InChI is InChI=1S/Cu.2P.S. The zero-order valence-corrected chi connectivity index (χ0v) is 5.15. The summed E-state index contributed by atoms with van der Waals surface area (Å²) in [5.41, 5.74) is 0. The molecule has 0 aliphatic carbocycles. The van der Waals surface area contributed by atoms with Crippen LogP contribution < -0.4 is 0 Å². The van der Waals surface area contributed by atoms with Crippen molar-refractivity contribution in [3.63, 3.8) is 0 Å². The molecule has 0 aromatic heterocycles. The van der Waals surface area contributed by atoms with Gasteiger partial charge in [0, 0.05) is 0 Å². The van der Waals surface area contributed by atoms with E-state index in [1.807, 2.05) is 0 Å². The van der Waals surface area contributed by atoms with Crippen molar-refractivity contribution in [1.82, 2.24) is 0 Å². The van der Waals surface area contributed by atoms with Gasteiger partial charge >= 0.3 is 35.1 Å². The van der Waals surface area contributed by atoms with Gasteiger partial charge in [0.25, 0.3) is 0 Å². The third-order valence-corrected chi connectivity index (χ3v) is 0. The number of hydrogen-bond acceptors (Lipinski definition) is 1. The van der Waals surface area contributed by atoms with Crippen LogP contribution in [0.4, 0.5) is 0 Å². The van der Waals surface area contributed by atoms with Gasteiger partial charge in [-0.25, -0.2) is 0 Å². The predicted octanol–water partition coefficient (Wildman–Crippen LogP) is 2.37. The van der Waals surface area contributed by atoms with Gasteiger partial charge in [-0.05, 0) is 0 Å². The van der Waals surface area contributed by atoms with Crippen molar-refractivity contribution in [3.05, 3.63) is 0 Å². The van der Waals surface area contributed by atoms with Crippen molar-refractivity contribution in [1.29, 1.82) is 0 Å². The first kappa shape index (κ1) is 5.60. The summed E-state index contributed by atoms with van der Waals surface area (Å²) in [7, 11) is 11.4. The van der Waals surface area contributed by atoms with E-state index in [4.69, 9.17) is 0 Å². The second kappa shape index (κ2) is 2.82. The molecule has 0 spiro atoms. The predicted molar refractivity (Wildman–Crippen MR) is 21.4 cm³/mol. The molecule has 0 saturated carbocycles. The van der Waals surface area contributed by atoms with E-state index in [0.717, 1.165) is 0 Å². The van der Waals surface area contributed by atoms with E-state index >= 15 is 0 Å². The molecule has 0 fully saturated rings. The molecule has 0 saturated heterocycles. The van der Waals surface area contributed by atoms with Crippen molar-refractivity contribution in [2.24, 2.45) is 0 Å². The Morgan fingerprint density at radius 1 is 1.50 bits per heavy atom. The summed E-state index contributed by atoms with van der Waals surface area (Å²) in [5, 5.41) is 0. The monoisotopic (exact) mass is 157 g/mol. The molecule has 0 bridgehead atoms. The Bertz CT molecular complexity index is 188. The quantitative estimate of drug-likeness (QED) is 0.384. The summed E-state index contributed by atoms with van der Waals surface area (Å²) >= 11 is 0. The van der Waals surface area contributed by atoms with E-state index in [-0.39, 0.29) is 10.0 Å². The Balaban J connectivity index is 5.99. The van der Waals surface area contributed by atoms with E-state index < -0.39 is 0 Å². The molecule has 0 nitrogen and oxygen atoms in total. The zero-order chi connectivity index (χ0) is 3.58. The SMILES string of the molecule is [P]#[Cu](#[P])=[S]. The zero-order valence-electron chi connectivity index (χ0n) is 1.60. The Hall–Kier alpha value is 1.60. The van der Waals surface area contributed by atoms with Gasteiger partial charge in [0.1, 0.15) is 0 Å². The van der Waals surface area contributed by atoms with Gasteiger partial charge in [-0.3, -0.25) is 0 Å². The van der Waals surface area contributed by atoms with E-state index in [1.165, 1.54) is 0 Å². The number of rotatable bonds is 0. The fourth-order valence-electron chi connectivity index (χ4n) is 0. The maximum atomic E-state index is 4.37. The molecule has 0 heterocycles. The van der Waals surface area contributed by atoms with Crippen LogP contribution in [0.2, 0.25) is 0 Å². The van der Waals surface area contributed by atoms with Gasteiger partial charge in [0.15, 0.2) is 0 Å². The molecule has 0 unspecified atom stereocenters. The van der Waals surface area contributed by atoms with Crippen molar-refractivity contribution in [2.45, 2.75) is 0 Å². The molecule has 4 heavy (non-hydrogen) atoms. The van der Waals surface area contributed by atoms with Gasteiger partial charge in [-0.1, -0.05) is 0 Å². The summed E-state index contributed by atoms with van der Waals surface area (Å²) in [6.07, 6.45) is 0. The third kappa shape index (κ3) is 9.51. The number of hydrogen-bond donors (Lipinski definition) is 0. The van der Waals surface area contributed by atoms with Crippen LogP contribution in [0.3, 0.4) is 0 Å². The first-order chi connectivity index (χ1) is 1.73. The van der Waals surface area contributed by atoms with Crippen LogP contribution in [0, 0.1) is 0 Å². The minimum atomic E-state index is -0.340. The fraction of sp³-hybridized carbons (Fsp3) is 0. The van der Waals surface area contributed by atoms with E-state index in [0.29, 0.717) is 0 Å². The normalized spacial score (nSPS) is 7.75. The molecular weight excluding hydrogens is 158 g/mol. The Morgan fingerprint density at radius 2 is 1.50 bits per heavy atom. The summed E-state index contributed by atoms with van der Waals surface area (Å²) < 4.78 is 0. The van der Waals surface area contributed by atoms with E-state index in [9.17, 15) is 0 Å². The van der Waals surface area contributed by atoms with Crippen LogP contribution in [0.15, 0.2) is 0 Å². The van der Waals surface area contributed by atoms with Crippen molar-refractivity contribution in [2.75, 3.05) is 0 Å². The van der Waals surface area contributed by atoms with Crippen LogP contribution in [-0.2, 0) is 10.0 Å². The molecule has 0 amide bonds. The second-order valence-corrected chi connectivity index (χ2v) is 6.32. The van der Waals surface area contributed by atoms with Crippen LogP contribution >= 0.6 is 25.1 Å². The third-order valence-electron chi connectivity index (χ3n) is 0. The van der Waals surface area contributed by atoms with E-state index in [1.54, 1.807) is 0 Å². The van der Waals surface area contributed by atoms with Crippen molar-refractivity contribution in [3.8, 4) is 0 Å². The maximum absolute atomic E-state index is 4.37. The fourth-order valence-corrected chi connectivity index (χ4v) is 0. The molecule has 0 atom stereocenters. The van der Waals surface area contributed by atoms with Gasteiger partial charge in [0.05, 0.1) is 0 Å². The first-order valence-electron chi connectivity index (χ1n) is 0.393. The molecule has 0 aliphatic heterocycles. The summed E-state index contributed by atoms with van der Waals surface area (Å²) in [5.74, 6) is 0. The first-order valence-corrected chi connectivity index (χ1v) is 4.86. The van der Waals surface area contributed by atoms with Crippen molar-refractivity contribution >= 4 is 25.1 Å². The average molecular weight is 158 g/mol. The van der Waals surface area contributed by atoms with Crippen LogP contribution in [-0.4, -0.2) is 0 Å². The topological polar surface area (TPSA) is 0 Å². The van der Waals surface area contributed by atoms with Gasteiger partial charge in [0.2, 0.25) is 0 Å². The van der Waals surface area contributed by atoms with Gasteiger partial charge in [-0.15, -0.1) is 0 Å². The van der Waals surface area contributed by atoms with Gasteiger partial charge < -0.3 is 0 Å². The van der Waals surface area contributed by atoms with Crippen LogP contribution in [0.1, 0.15) is 0 Å².